The van der Waals surface area contributed by atoms with Crippen molar-refractivity contribution in [1.29, 1.82) is 0 Å². The molecule has 2 N–H and O–H groups in total. The predicted octanol–water partition coefficient (Wildman–Crippen LogP) is 2.99. The van der Waals surface area contributed by atoms with Crippen molar-refractivity contribution in [3.05, 3.63) is 29.8 Å². The molecule has 2 unspecified atom stereocenters. The van der Waals surface area contributed by atoms with E-state index in [0.717, 1.165) is 32.5 Å². The molecule has 4 nitrogen and oxygen atoms in total. The van der Waals surface area contributed by atoms with Gasteiger partial charge in [0.25, 0.3) is 0 Å². The Morgan fingerprint density at radius 2 is 1.96 bits per heavy atom. The lowest BCUT2D eigenvalue weighted by Gasteiger charge is -2.36. The van der Waals surface area contributed by atoms with E-state index in [-0.39, 0.29) is 36.9 Å². The lowest BCUT2D eigenvalue weighted by molar-refractivity contribution is -0.135. The average molecular weight is 358 g/mol. The summed E-state index contributed by atoms with van der Waals surface area (Å²) in [5, 5.41) is 6.93. The monoisotopic (exact) mass is 357 g/mol. The van der Waals surface area contributed by atoms with Crippen LogP contribution in [0.1, 0.15) is 37.3 Å². The molecule has 0 spiro atoms. The number of carbonyl (C=O) groups is 1. The Bertz CT molecular complexity index is 548. The maximum Gasteiger partial charge on any atom is 0.240 e. The normalized spacial score (nSPS) is 28.5. The van der Waals surface area contributed by atoms with Gasteiger partial charge in [0.05, 0.1) is 12.1 Å². The third kappa shape index (κ3) is 3.30. The zero-order chi connectivity index (χ0) is 14.2. The van der Waals surface area contributed by atoms with Gasteiger partial charge < -0.3 is 15.5 Å². The van der Waals surface area contributed by atoms with E-state index in [0.29, 0.717) is 11.8 Å². The first-order chi connectivity index (χ1) is 10.3. The second kappa shape index (κ2) is 7.73. The van der Waals surface area contributed by atoms with Crippen molar-refractivity contribution in [2.24, 2.45) is 5.92 Å². The molecular weight excluding hydrogens is 333 g/mol. The highest BCUT2D eigenvalue weighted by Crippen LogP contribution is 2.43. The van der Waals surface area contributed by atoms with E-state index in [9.17, 15) is 4.79 Å². The maximum absolute atomic E-state index is 12.9. The first kappa shape index (κ1) is 18.4. The van der Waals surface area contributed by atoms with Crippen LogP contribution in [0, 0.1) is 5.92 Å². The number of likely N-dealkylation sites (tertiary alicyclic amines) is 1. The second-order valence-corrected chi connectivity index (χ2v) is 6.50. The number of fused-ring (bicyclic) bond motifs is 3. The minimum absolute atomic E-state index is 0. The van der Waals surface area contributed by atoms with Crippen molar-refractivity contribution < 1.29 is 4.79 Å². The highest BCUT2D eigenvalue weighted by atomic mass is 35.5. The molecule has 128 valence electrons. The number of anilines is 1. The Morgan fingerprint density at radius 3 is 2.74 bits per heavy atom. The number of nitrogens with one attached hydrogen (secondary N) is 2. The van der Waals surface area contributed by atoms with Gasteiger partial charge in [-0.3, -0.25) is 4.79 Å². The van der Waals surface area contributed by atoms with Gasteiger partial charge in [0, 0.05) is 24.7 Å². The van der Waals surface area contributed by atoms with Gasteiger partial charge in [-0.2, -0.15) is 0 Å². The zero-order valence-corrected chi connectivity index (χ0v) is 14.8. The molecule has 1 amide bonds. The van der Waals surface area contributed by atoms with Crippen molar-refractivity contribution in [3.8, 4) is 0 Å². The Kier molecular flexibility index (Phi) is 6.18. The molecule has 3 heterocycles. The summed E-state index contributed by atoms with van der Waals surface area (Å²) in [5.41, 5.74) is 2.51. The number of piperidine rings is 1. The van der Waals surface area contributed by atoms with Crippen LogP contribution in [0.5, 0.6) is 0 Å². The van der Waals surface area contributed by atoms with Crippen molar-refractivity contribution in [2.75, 3.05) is 25.0 Å². The third-order valence-corrected chi connectivity index (χ3v) is 5.25. The average Bonchev–Trinajstić information content (AvgIpc) is 2.99. The molecule has 0 aliphatic carbocycles. The van der Waals surface area contributed by atoms with Crippen molar-refractivity contribution in [1.82, 2.24) is 10.2 Å². The van der Waals surface area contributed by atoms with Gasteiger partial charge >= 0.3 is 0 Å². The summed E-state index contributed by atoms with van der Waals surface area (Å²) >= 11 is 0. The number of halogens is 2. The summed E-state index contributed by atoms with van der Waals surface area (Å²) in [4.78, 5) is 15.1. The van der Waals surface area contributed by atoms with Crippen LogP contribution in [-0.2, 0) is 4.79 Å². The zero-order valence-electron chi connectivity index (χ0n) is 13.2. The smallest absolute Gasteiger partial charge is 0.240 e. The lowest BCUT2D eigenvalue weighted by Crippen LogP contribution is -2.49. The minimum Gasteiger partial charge on any atom is -0.384 e. The first-order valence-corrected chi connectivity index (χ1v) is 8.21. The summed E-state index contributed by atoms with van der Waals surface area (Å²) < 4.78 is 0. The highest BCUT2D eigenvalue weighted by molar-refractivity contribution is 5.85. The number of benzene rings is 1. The topological polar surface area (TPSA) is 44.4 Å². The molecule has 3 atom stereocenters. The molecule has 3 aliphatic heterocycles. The number of amides is 1. The van der Waals surface area contributed by atoms with Crippen molar-refractivity contribution >= 4 is 36.4 Å². The number of para-hydroxylation sites is 1. The van der Waals surface area contributed by atoms with Crippen LogP contribution < -0.4 is 10.6 Å². The summed E-state index contributed by atoms with van der Waals surface area (Å²) in [5.74, 6) is 0.881. The number of nitrogens with zero attached hydrogens (tertiary/aromatic N) is 1. The van der Waals surface area contributed by atoms with Crippen LogP contribution in [0.15, 0.2) is 24.3 Å². The molecule has 1 aromatic rings. The van der Waals surface area contributed by atoms with Gasteiger partial charge in [-0.05, 0) is 37.4 Å². The van der Waals surface area contributed by atoms with E-state index in [1.807, 2.05) is 0 Å². The van der Waals surface area contributed by atoms with Crippen LogP contribution in [0.25, 0.3) is 0 Å². The number of hydrogen-bond donors (Lipinski definition) is 2. The molecule has 6 heteroatoms. The van der Waals surface area contributed by atoms with Crippen LogP contribution in [0.3, 0.4) is 0 Å². The summed E-state index contributed by atoms with van der Waals surface area (Å²) in [6.45, 7) is 2.88. The Hall–Kier alpha value is -0.970. The van der Waals surface area contributed by atoms with E-state index < -0.39 is 0 Å². The van der Waals surface area contributed by atoms with Crippen molar-refractivity contribution in [3.63, 3.8) is 0 Å². The molecule has 0 bridgehead atoms. The molecule has 1 aromatic carbocycles. The fourth-order valence-corrected chi connectivity index (χ4v) is 4.16. The number of carbonyl (C=O) groups excluding carboxylic acids is 1. The van der Waals surface area contributed by atoms with Gasteiger partial charge in [0.1, 0.15) is 0 Å². The summed E-state index contributed by atoms with van der Waals surface area (Å²) in [6, 6.07) is 8.78. The van der Waals surface area contributed by atoms with Crippen LogP contribution in [0.4, 0.5) is 5.69 Å². The van der Waals surface area contributed by atoms with Crippen LogP contribution in [-0.4, -0.2) is 36.5 Å². The number of hydrogen-bond acceptors (Lipinski definition) is 3. The van der Waals surface area contributed by atoms with Gasteiger partial charge in [-0.1, -0.05) is 24.6 Å². The van der Waals surface area contributed by atoms with E-state index in [2.05, 4.69) is 39.8 Å². The van der Waals surface area contributed by atoms with E-state index in [1.165, 1.54) is 24.1 Å². The largest absolute Gasteiger partial charge is 0.384 e. The van der Waals surface area contributed by atoms with E-state index in [4.69, 9.17) is 0 Å². The number of rotatable bonds is 1. The molecule has 0 aromatic heterocycles. The second-order valence-electron chi connectivity index (χ2n) is 6.50. The Labute approximate surface area is 150 Å². The Balaban J connectivity index is 0.000000960. The van der Waals surface area contributed by atoms with Gasteiger partial charge in [0.2, 0.25) is 5.91 Å². The lowest BCUT2D eigenvalue weighted by atomic mass is 9.88. The van der Waals surface area contributed by atoms with Crippen LogP contribution in [0.2, 0.25) is 0 Å². The molecule has 0 saturated carbocycles. The first-order valence-electron chi connectivity index (χ1n) is 8.21. The molecule has 4 rings (SSSR count). The fraction of sp³-hybridized carbons (Fsp3) is 0.588. The maximum atomic E-state index is 12.9. The highest BCUT2D eigenvalue weighted by Gasteiger charge is 2.42. The molecule has 2 fully saturated rings. The van der Waals surface area contributed by atoms with Gasteiger partial charge in [0.15, 0.2) is 0 Å². The molecule has 0 radical (unpaired) electrons. The van der Waals surface area contributed by atoms with E-state index >= 15 is 0 Å². The Morgan fingerprint density at radius 1 is 1.13 bits per heavy atom. The summed E-state index contributed by atoms with van der Waals surface area (Å²) in [7, 11) is 0. The van der Waals surface area contributed by atoms with Gasteiger partial charge in [-0.25, -0.2) is 0 Å². The fourth-order valence-electron chi connectivity index (χ4n) is 4.16. The predicted molar refractivity (Wildman–Crippen MR) is 97.6 cm³/mol. The van der Waals surface area contributed by atoms with Gasteiger partial charge in [-0.15, -0.1) is 24.8 Å². The minimum atomic E-state index is 0. The standard InChI is InChI=1S/C17H23N3O.2ClH/c21-17(15-7-3-4-9-18-15)20-10-8-12-11-19-14-6-2-1-5-13(14)16(12)20;;/h1-2,5-6,12,15-16,18-19H,3-4,7-11H2;2*1H/t12?,15-,16?;;/m1../s1. The van der Waals surface area contributed by atoms with Crippen LogP contribution >= 0.6 is 24.8 Å². The van der Waals surface area contributed by atoms with Crippen molar-refractivity contribution in [2.45, 2.75) is 37.8 Å². The molecule has 23 heavy (non-hydrogen) atoms. The molecular formula is C17H25Cl2N3O. The quantitative estimate of drug-likeness (QED) is 0.811. The molecule has 3 aliphatic rings. The molecule has 2 saturated heterocycles. The third-order valence-electron chi connectivity index (χ3n) is 5.25. The summed E-state index contributed by atoms with van der Waals surface area (Å²) in [6.07, 6.45) is 4.48. The SMILES string of the molecule is Cl.Cl.O=C([C@H]1CCCCN1)N1CCC2CNc3ccccc3C21. The van der Waals surface area contributed by atoms with E-state index in [1.54, 1.807) is 0 Å².